The van der Waals surface area contributed by atoms with Gasteiger partial charge in [0.15, 0.2) is 0 Å². The third-order valence-corrected chi connectivity index (χ3v) is 6.47. The molecule has 208 valence electrons. The van der Waals surface area contributed by atoms with Crippen molar-refractivity contribution >= 4 is 5.91 Å². The Labute approximate surface area is 221 Å². The minimum Gasteiger partial charge on any atom is -0.372 e. The minimum absolute atomic E-state index is 0.0357. The van der Waals surface area contributed by atoms with Crippen molar-refractivity contribution < 1.29 is 35.9 Å². The number of benzene rings is 2. The fourth-order valence-electron chi connectivity index (χ4n) is 4.69. The summed E-state index contributed by atoms with van der Waals surface area (Å²) in [6, 6.07) is 15.6. The van der Waals surface area contributed by atoms with E-state index in [2.05, 4.69) is 10.3 Å². The van der Waals surface area contributed by atoms with E-state index in [1.54, 1.807) is 18.3 Å². The number of amides is 1. The lowest BCUT2D eigenvalue weighted by Gasteiger charge is -2.41. The standard InChI is InChI=1S/C28H27F6N3O2/c29-27(30,31)21-13-19(14-22(15-21)28(32,33)34)18-39-24-10-6-12-37(26(24)20-7-2-1-3-8-20)17-25(38)36-16-23-9-4-5-11-35-23/h1-5,7-9,11,13-15,24,26H,6,10,12,16-18H2,(H,36,38)/t24-,26-/m0/s1. The fraction of sp³-hybridized carbons (Fsp3) is 0.357. The van der Waals surface area contributed by atoms with Crippen LogP contribution in [0.3, 0.4) is 0 Å². The predicted molar refractivity (Wildman–Crippen MR) is 131 cm³/mol. The molecule has 0 radical (unpaired) electrons. The van der Waals surface area contributed by atoms with Gasteiger partial charge in [0.05, 0.1) is 48.7 Å². The average Bonchev–Trinajstić information content (AvgIpc) is 2.91. The fourth-order valence-corrected chi connectivity index (χ4v) is 4.69. The first kappa shape index (κ1) is 28.6. The van der Waals surface area contributed by atoms with Gasteiger partial charge in [-0.15, -0.1) is 0 Å². The van der Waals surface area contributed by atoms with Crippen LogP contribution in [0.4, 0.5) is 26.3 Å². The average molecular weight is 552 g/mol. The van der Waals surface area contributed by atoms with Gasteiger partial charge in [-0.2, -0.15) is 26.3 Å². The lowest BCUT2D eigenvalue weighted by atomic mass is 9.92. The number of carbonyl (C=O) groups excluding carboxylic acids is 1. The number of carbonyl (C=O) groups is 1. The van der Waals surface area contributed by atoms with Crippen molar-refractivity contribution in [3.05, 3.63) is 101 Å². The van der Waals surface area contributed by atoms with E-state index < -0.39 is 42.2 Å². The van der Waals surface area contributed by atoms with Crippen LogP contribution in [0.5, 0.6) is 0 Å². The van der Waals surface area contributed by atoms with Crippen molar-refractivity contribution in [2.75, 3.05) is 13.1 Å². The second-order valence-corrected chi connectivity index (χ2v) is 9.33. The Morgan fingerprint density at radius 3 is 2.23 bits per heavy atom. The first-order valence-electron chi connectivity index (χ1n) is 12.4. The second-order valence-electron chi connectivity index (χ2n) is 9.33. The third kappa shape index (κ3) is 7.79. The van der Waals surface area contributed by atoms with Crippen LogP contribution in [-0.4, -0.2) is 35.0 Å². The highest BCUT2D eigenvalue weighted by Crippen LogP contribution is 2.38. The van der Waals surface area contributed by atoms with Crippen LogP contribution in [0, 0.1) is 0 Å². The monoisotopic (exact) mass is 551 g/mol. The summed E-state index contributed by atoms with van der Waals surface area (Å²) in [6.45, 7) is 0.410. The lowest BCUT2D eigenvalue weighted by molar-refractivity contribution is -0.143. The van der Waals surface area contributed by atoms with E-state index in [9.17, 15) is 31.1 Å². The van der Waals surface area contributed by atoms with Crippen LogP contribution in [0.2, 0.25) is 0 Å². The molecular formula is C28H27F6N3O2. The van der Waals surface area contributed by atoms with Gasteiger partial charge in [-0.3, -0.25) is 14.7 Å². The molecule has 2 aromatic carbocycles. The van der Waals surface area contributed by atoms with Crippen LogP contribution in [0.25, 0.3) is 0 Å². The maximum absolute atomic E-state index is 13.3. The molecule has 1 saturated heterocycles. The molecule has 1 fully saturated rings. The van der Waals surface area contributed by atoms with Crippen LogP contribution < -0.4 is 5.32 Å². The number of hydrogen-bond donors (Lipinski definition) is 1. The van der Waals surface area contributed by atoms with E-state index in [-0.39, 0.29) is 30.6 Å². The van der Waals surface area contributed by atoms with Crippen LogP contribution >= 0.6 is 0 Å². The van der Waals surface area contributed by atoms with E-state index in [0.29, 0.717) is 37.2 Å². The molecule has 4 rings (SSSR count). The molecule has 2 atom stereocenters. The summed E-state index contributed by atoms with van der Waals surface area (Å²) in [5, 5.41) is 2.83. The molecular weight excluding hydrogens is 524 g/mol. The van der Waals surface area contributed by atoms with Crippen molar-refractivity contribution in [2.24, 2.45) is 0 Å². The molecule has 0 aliphatic carbocycles. The van der Waals surface area contributed by atoms with Gasteiger partial charge >= 0.3 is 12.4 Å². The smallest absolute Gasteiger partial charge is 0.372 e. The zero-order chi connectivity index (χ0) is 28.0. The maximum Gasteiger partial charge on any atom is 0.416 e. The Morgan fingerprint density at radius 1 is 0.949 bits per heavy atom. The quantitative estimate of drug-likeness (QED) is 0.341. The summed E-state index contributed by atoms with van der Waals surface area (Å²) in [4.78, 5) is 18.9. The van der Waals surface area contributed by atoms with E-state index in [4.69, 9.17) is 4.74 Å². The summed E-state index contributed by atoms with van der Waals surface area (Å²) >= 11 is 0. The van der Waals surface area contributed by atoms with Crippen molar-refractivity contribution in [1.82, 2.24) is 15.2 Å². The molecule has 0 unspecified atom stereocenters. The van der Waals surface area contributed by atoms with Gasteiger partial charge in [-0.25, -0.2) is 0 Å². The van der Waals surface area contributed by atoms with E-state index in [0.717, 1.165) is 5.56 Å². The van der Waals surface area contributed by atoms with Gasteiger partial charge in [-0.1, -0.05) is 36.4 Å². The van der Waals surface area contributed by atoms with Crippen LogP contribution in [-0.2, 0) is 35.0 Å². The molecule has 5 nitrogen and oxygen atoms in total. The van der Waals surface area contributed by atoms with Crippen molar-refractivity contribution in [1.29, 1.82) is 0 Å². The van der Waals surface area contributed by atoms with Crippen molar-refractivity contribution in [3.8, 4) is 0 Å². The molecule has 0 spiro atoms. The first-order valence-corrected chi connectivity index (χ1v) is 12.4. The number of piperidine rings is 1. The maximum atomic E-state index is 13.3. The third-order valence-electron chi connectivity index (χ3n) is 6.47. The van der Waals surface area contributed by atoms with Crippen molar-refractivity contribution in [2.45, 2.75) is 50.5 Å². The summed E-state index contributed by atoms with van der Waals surface area (Å²) < 4.78 is 85.8. The number of likely N-dealkylation sites (tertiary alicyclic amines) is 1. The summed E-state index contributed by atoms with van der Waals surface area (Å²) in [5.74, 6) is -0.241. The Balaban J connectivity index is 1.51. The van der Waals surface area contributed by atoms with E-state index >= 15 is 0 Å². The molecule has 0 saturated carbocycles. The SMILES string of the molecule is O=C(CN1CCC[C@H](OCc2cc(C(F)(F)F)cc(C(F)(F)F)c2)[C@@H]1c1ccccc1)NCc1ccccn1. The second kappa shape index (κ2) is 12.2. The molecule has 1 aromatic heterocycles. The Morgan fingerprint density at radius 2 is 1.62 bits per heavy atom. The minimum atomic E-state index is -4.94. The predicted octanol–water partition coefficient (Wildman–Crippen LogP) is 6.16. The molecule has 1 aliphatic rings. The summed E-state index contributed by atoms with van der Waals surface area (Å²) in [7, 11) is 0. The van der Waals surface area contributed by atoms with Crippen molar-refractivity contribution in [3.63, 3.8) is 0 Å². The lowest BCUT2D eigenvalue weighted by Crippen LogP contribution is -2.47. The number of alkyl halides is 6. The Bertz CT molecular complexity index is 1200. The van der Waals surface area contributed by atoms with E-state index in [1.807, 2.05) is 41.3 Å². The highest BCUT2D eigenvalue weighted by atomic mass is 19.4. The highest BCUT2D eigenvalue weighted by molar-refractivity contribution is 5.78. The van der Waals surface area contributed by atoms with Crippen LogP contribution in [0.1, 0.15) is 46.8 Å². The largest absolute Gasteiger partial charge is 0.416 e. The normalized spacial score (nSPS) is 18.6. The number of halogens is 6. The number of aromatic nitrogens is 1. The highest BCUT2D eigenvalue weighted by Gasteiger charge is 2.38. The summed E-state index contributed by atoms with van der Waals surface area (Å²) in [6.07, 6.45) is -7.65. The topological polar surface area (TPSA) is 54.5 Å². The zero-order valence-corrected chi connectivity index (χ0v) is 20.8. The van der Waals surface area contributed by atoms with Gasteiger partial charge in [0.2, 0.25) is 5.91 Å². The number of nitrogens with one attached hydrogen (secondary N) is 1. The molecule has 39 heavy (non-hydrogen) atoms. The van der Waals surface area contributed by atoms with E-state index in [1.165, 1.54) is 0 Å². The van der Waals surface area contributed by atoms with Gasteiger partial charge in [-0.05, 0) is 60.8 Å². The number of hydrogen-bond acceptors (Lipinski definition) is 4. The zero-order valence-electron chi connectivity index (χ0n) is 20.8. The molecule has 1 N–H and O–H groups in total. The first-order chi connectivity index (χ1) is 18.5. The van der Waals surface area contributed by atoms with Crippen LogP contribution in [0.15, 0.2) is 72.9 Å². The van der Waals surface area contributed by atoms with Gasteiger partial charge in [0.25, 0.3) is 0 Å². The number of nitrogens with zero attached hydrogens (tertiary/aromatic N) is 2. The molecule has 3 aromatic rings. The number of ether oxygens (including phenoxy) is 1. The number of rotatable bonds is 8. The molecule has 11 heteroatoms. The Kier molecular flexibility index (Phi) is 8.91. The molecule has 1 aliphatic heterocycles. The summed E-state index contributed by atoms with van der Waals surface area (Å²) in [5.41, 5.74) is -1.46. The van der Waals surface area contributed by atoms with Gasteiger partial charge < -0.3 is 10.1 Å². The van der Waals surface area contributed by atoms with Gasteiger partial charge in [0, 0.05) is 6.20 Å². The Hall–Kier alpha value is -3.44. The number of pyridine rings is 1. The molecule has 0 bridgehead atoms. The molecule has 1 amide bonds. The molecule has 2 heterocycles. The van der Waals surface area contributed by atoms with Gasteiger partial charge in [0.1, 0.15) is 0 Å².